The minimum absolute atomic E-state index is 0.136. The molecule has 4 aromatic rings. The highest BCUT2D eigenvalue weighted by molar-refractivity contribution is 5.92. The Morgan fingerprint density at radius 3 is 2.67 bits per heavy atom. The van der Waals surface area contributed by atoms with Crippen LogP contribution in [0.5, 0.6) is 0 Å². The van der Waals surface area contributed by atoms with Gasteiger partial charge in [-0.1, -0.05) is 36.4 Å². The second-order valence-corrected chi connectivity index (χ2v) is 7.40. The van der Waals surface area contributed by atoms with Gasteiger partial charge in [0, 0.05) is 24.7 Å². The van der Waals surface area contributed by atoms with Gasteiger partial charge < -0.3 is 15.8 Å². The zero-order valence-electron chi connectivity index (χ0n) is 16.5. The van der Waals surface area contributed by atoms with E-state index in [2.05, 4.69) is 69.0 Å². The predicted octanol–water partition coefficient (Wildman–Crippen LogP) is 4.04. The summed E-state index contributed by atoms with van der Waals surface area (Å²) in [5.41, 5.74) is 12.1. The smallest absolute Gasteiger partial charge is 0.123 e. The van der Waals surface area contributed by atoms with Gasteiger partial charge in [-0.05, 0) is 52.6 Å². The van der Waals surface area contributed by atoms with E-state index in [1.54, 1.807) is 6.20 Å². The highest BCUT2D eigenvalue weighted by atomic mass is 16.5. The first-order valence-corrected chi connectivity index (χ1v) is 10.1. The molecule has 3 heterocycles. The van der Waals surface area contributed by atoms with Gasteiger partial charge in [-0.15, -0.1) is 0 Å². The molecule has 0 saturated carbocycles. The minimum Gasteiger partial charge on any atom is -0.384 e. The molecule has 1 saturated heterocycles. The van der Waals surface area contributed by atoms with Crippen LogP contribution in [-0.2, 0) is 4.74 Å². The number of ether oxygens (including phenoxy) is 1. The average Bonchev–Trinajstić information content (AvgIpc) is 3.21. The molecule has 30 heavy (non-hydrogen) atoms. The molecule has 1 aliphatic heterocycles. The molecule has 0 bridgehead atoms. The quantitative estimate of drug-likeness (QED) is 0.484. The number of aromatic nitrogens is 3. The number of anilines is 1. The summed E-state index contributed by atoms with van der Waals surface area (Å²) in [6.07, 6.45) is 5.98. The summed E-state index contributed by atoms with van der Waals surface area (Å²) in [6.45, 7) is 2.55. The van der Waals surface area contributed by atoms with Gasteiger partial charge in [0.1, 0.15) is 5.82 Å². The number of morpholine rings is 1. The molecule has 1 unspecified atom stereocenters. The van der Waals surface area contributed by atoms with Crippen LogP contribution in [0.1, 0.15) is 22.9 Å². The molecule has 2 aromatic carbocycles. The Bertz CT molecular complexity index is 1190. The number of nitrogen functional groups attached to an aromatic ring is 1. The topological polar surface area (TPSA) is 88.9 Å². The first kappa shape index (κ1) is 18.5. The lowest BCUT2D eigenvalue weighted by Crippen LogP contribution is -2.33. The number of H-pyrrole nitrogens is 1. The number of pyridine rings is 1. The van der Waals surface area contributed by atoms with E-state index >= 15 is 0 Å². The fraction of sp³-hybridized carbons (Fsp3) is 0.167. The van der Waals surface area contributed by atoms with Crippen molar-refractivity contribution in [1.82, 2.24) is 20.5 Å². The third-order valence-electron chi connectivity index (χ3n) is 5.38. The van der Waals surface area contributed by atoms with Crippen molar-refractivity contribution >= 4 is 28.9 Å². The SMILES string of the molecule is Nc1cc(-c2ccc3c(/C=C/c4ccc(C5CNCCO5)cc4)n[nH]c3c2)ccn1. The van der Waals surface area contributed by atoms with Crippen molar-refractivity contribution < 1.29 is 4.74 Å². The van der Waals surface area contributed by atoms with Crippen LogP contribution in [0.3, 0.4) is 0 Å². The van der Waals surface area contributed by atoms with Crippen molar-refractivity contribution in [2.24, 2.45) is 0 Å². The van der Waals surface area contributed by atoms with Crippen molar-refractivity contribution in [2.75, 3.05) is 25.4 Å². The van der Waals surface area contributed by atoms with Crippen LogP contribution < -0.4 is 11.1 Å². The predicted molar refractivity (Wildman–Crippen MR) is 121 cm³/mol. The van der Waals surface area contributed by atoms with E-state index < -0.39 is 0 Å². The van der Waals surface area contributed by atoms with Gasteiger partial charge in [-0.25, -0.2) is 4.98 Å². The van der Waals surface area contributed by atoms with Crippen molar-refractivity contribution in [3.05, 3.63) is 77.6 Å². The molecule has 0 spiro atoms. The van der Waals surface area contributed by atoms with Gasteiger partial charge in [0.05, 0.1) is 23.9 Å². The second kappa shape index (κ2) is 8.10. The van der Waals surface area contributed by atoms with Crippen molar-refractivity contribution in [3.8, 4) is 11.1 Å². The Hall–Kier alpha value is -3.48. The number of hydrogen-bond donors (Lipinski definition) is 3. The number of nitrogens with one attached hydrogen (secondary N) is 2. The Labute approximate surface area is 174 Å². The van der Waals surface area contributed by atoms with Crippen molar-refractivity contribution in [3.63, 3.8) is 0 Å². The number of nitrogens with zero attached hydrogens (tertiary/aromatic N) is 2. The van der Waals surface area contributed by atoms with Gasteiger partial charge >= 0.3 is 0 Å². The first-order valence-electron chi connectivity index (χ1n) is 10.1. The highest BCUT2D eigenvalue weighted by Gasteiger charge is 2.15. The van der Waals surface area contributed by atoms with E-state index in [-0.39, 0.29) is 6.10 Å². The number of nitrogens with two attached hydrogens (primary N) is 1. The van der Waals surface area contributed by atoms with Crippen LogP contribution in [0, 0.1) is 0 Å². The van der Waals surface area contributed by atoms with Gasteiger partial charge in [-0.2, -0.15) is 5.10 Å². The summed E-state index contributed by atoms with van der Waals surface area (Å²) < 4.78 is 5.81. The molecule has 6 nitrogen and oxygen atoms in total. The van der Waals surface area contributed by atoms with E-state index in [0.717, 1.165) is 53.0 Å². The number of rotatable bonds is 4. The molecule has 1 aliphatic rings. The fourth-order valence-electron chi connectivity index (χ4n) is 3.75. The molecule has 1 fully saturated rings. The summed E-state index contributed by atoms with van der Waals surface area (Å²) in [6, 6.07) is 18.6. The van der Waals surface area contributed by atoms with Crippen LogP contribution >= 0.6 is 0 Å². The molecule has 1 atom stereocenters. The summed E-state index contributed by atoms with van der Waals surface area (Å²) in [7, 11) is 0. The Morgan fingerprint density at radius 2 is 1.87 bits per heavy atom. The lowest BCUT2D eigenvalue weighted by molar-refractivity contribution is 0.0277. The van der Waals surface area contributed by atoms with E-state index in [9.17, 15) is 0 Å². The van der Waals surface area contributed by atoms with Gasteiger partial charge in [0.25, 0.3) is 0 Å². The van der Waals surface area contributed by atoms with Gasteiger partial charge in [0.2, 0.25) is 0 Å². The minimum atomic E-state index is 0.136. The Morgan fingerprint density at radius 1 is 1.00 bits per heavy atom. The van der Waals surface area contributed by atoms with Gasteiger partial charge in [-0.3, -0.25) is 5.10 Å². The number of benzene rings is 2. The van der Waals surface area contributed by atoms with Crippen molar-refractivity contribution in [2.45, 2.75) is 6.10 Å². The second-order valence-electron chi connectivity index (χ2n) is 7.40. The molecule has 150 valence electrons. The lowest BCUT2D eigenvalue weighted by Gasteiger charge is -2.23. The largest absolute Gasteiger partial charge is 0.384 e. The van der Waals surface area contributed by atoms with Crippen LogP contribution in [0.15, 0.2) is 60.8 Å². The highest BCUT2D eigenvalue weighted by Crippen LogP contribution is 2.26. The monoisotopic (exact) mass is 397 g/mol. The summed E-state index contributed by atoms with van der Waals surface area (Å²) in [5, 5.41) is 12.1. The molecule has 0 aliphatic carbocycles. The van der Waals surface area contributed by atoms with E-state index in [4.69, 9.17) is 10.5 Å². The van der Waals surface area contributed by atoms with E-state index in [1.165, 1.54) is 5.56 Å². The lowest BCUT2D eigenvalue weighted by atomic mass is 10.0. The number of fused-ring (bicyclic) bond motifs is 1. The molecule has 6 heteroatoms. The first-order chi connectivity index (χ1) is 14.8. The molecule has 0 radical (unpaired) electrons. The summed E-state index contributed by atoms with van der Waals surface area (Å²) in [4.78, 5) is 4.06. The summed E-state index contributed by atoms with van der Waals surface area (Å²) >= 11 is 0. The zero-order chi connectivity index (χ0) is 20.3. The fourth-order valence-corrected chi connectivity index (χ4v) is 3.75. The number of hydrogen-bond acceptors (Lipinski definition) is 5. The maximum absolute atomic E-state index is 5.81. The maximum Gasteiger partial charge on any atom is 0.123 e. The third kappa shape index (κ3) is 3.83. The molecule has 0 amide bonds. The maximum atomic E-state index is 5.81. The molecular formula is C24H23N5O. The number of aromatic amines is 1. The van der Waals surface area contributed by atoms with Crippen LogP contribution in [-0.4, -0.2) is 34.9 Å². The standard InChI is InChI=1S/C24H23N5O/c25-24-14-19(9-10-27-24)18-6-7-20-21(28-29-22(20)13-18)8-3-16-1-4-17(5-2-16)23-15-26-11-12-30-23/h1-10,13-14,23,26H,11-12,15H2,(H2,25,27)(H,28,29)/b8-3+. The molecule has 5 rings (SSSR count). The third-order valence-corrected chi connectivity index (χ3v) is 5.38. The Kier molecular flexibility index (Phi) is 5.01. The molecular weight excluding hydrogens is 374 g/mol. The molecule has 4 N–H and O–H groups in total. The van der Waals surface area contributed by atoms with Crippen LogP contribution in [0.4, 0.5) is 5.82 Å². The van der Waals surface area contributed by atoms with Crippen molar-refractivity contribution in [1.29, 1.82) is 0 Å². The van der Waals surface area contributed by atoms with Crippen LogP contribution in [0.25, 0.3) is 34.2 Å². The summed E-state index contributed by atoms with van der Waals surface area (Å²) in [5.74, 6) is 0.512. The zero-order valence-corrected chi connectivity index (χ0v) is 16.5. The average molecular weight is 397 g/mol. The molecule has 2 aromatic heterocycles. The van der Waals surface area contributed by atoms with E-state index in [0.29, 0.717) is 5.82 Å². The normalized spacial score (nSPS) is 17.0. The Balaban J connectivity index is 1.35. The van der Waals surface area contributed by atoms with E-state index in [1.807, 2.05) is 18.2 Å². The van der Waals surface area contributed by atoms with Crippen LogP contribution in [0.2, 0.25) is 0 Å². The van der Waals surface area contributed by atoms with Gasteiger partial charge in [0.15, 0.2) is 0 Å².